The van der Waals surface area contributed by atoms with E-state index in [9.17, 15) is 0 Å². The van der Waals surface area contributed by atoms with Crippen molar-refractivity contribution in [3.63, 3.8) is 0 Å². The standard InChI is InChI=1S/C22H27N7O2S/c1-13(2)26-18-9-20(27-15-4-5-17-19(8-15)32-12-25-17)24-10-16(18)21-28-29-22(31-21)23-7-6-14(3)11-30/h4-5,8-10,12-14,30H,6-7,11H2,1-3H3,(H,23,29)(H2,24,26,27). The van der Waals surface area contributed by atoms with Crippen molar-refractivity contribution in [2.75, 3.05) is 29.1 Å². The highest BCUT2D eigenvalue weighted by atomic mass is 32.1. The third-order valence-corrected chi connectivity index (χ3v) is 5.62. The summed E-state index contributed by atoms with van der Waals surface area (Å²) in [5.41, 5.74) is 5.34. The van der Waals surface area contributed by atoms with Crippen LogP contribution in [-0.2, 0) is 0 Å². The molecule has 0 saturated carbocycles. The normalized spacial score (nSPS) is 12.3. The summed E-state index contributed by atoms with van der Waals surface area (Å²) in [6, 6.07) is 8.53. The maximum Gasteiger partial charge on any atom is 0.315 e. The van der Waals surface area contributed by atoms with Gasteiger partial charge in [0.1, 0.15) is 5.82 Å². The molecule has 0 aliphatic rings. The summed E-state index contributed by atoms with van der Waals surface area (Å²) in [7, 11) is 0. The molecule has 1 unspecified atom stereocenters. The fourth-order valence-electron chi connectivity index (χ4n) is 3.13. The molecule has 1 atom stereocenters. The van der Waals surface area contributed by atoms with Crippen molar-refractivity contribution in [2.45, 2.75) is 33.2 Å². The minimum atomic E-state index is 0.158. The van der Waals surface area contributed by atoms with E-state index in [1.807, 2.05) is 30.6 Å². The number of anilines is 4. The van der Waals surface area contributed by atoms with Crippen molar-refractivity contribution in [1.82, 2.24) is 20.2 Å². The maximum absolute atomic E-state index is 9.14. The molecule has 32 heavy (non-hydrogen) atoms. The van der Waals surface area contributed by atoms with Crippen LogP contribution in [0.2, 0.25) is 0 Å². The predicted octanol–water partition coefficient (Wildman–Crippen LogP) is 4.74. The van der Waals surface area contributed by atoms with Gasteiger partial charge in [0.25, 0.3) is 5.89 Å². The number of benzene rings is 1. The largest absolute Gasteiger partial charge is 0.403 e. The molecule has 4 N–H and O–H groups in total. The lowest BCUT2D eigenvalue weighted by atomic mass is 10.1. The molecule has 0 spiro atoms. The van der Waals surface area contributed by atoms with Crippen LogP contribution < -0.4 is 16.0 Å². The van der Waals surface area contributed by atoms with E-state index in [-0.39, 0.29) is 18.6 Å². The topological polar surface area (TPSA) is 121 Å². The number of thiazole rings is 1. The summed E-state index contributed by atoms with van der Waals surface area (Å²) < 4.78 is 6.92. The Morgan fingerprint density at radius 2 is 2.00 bits per heavy atom. The molecule has 0 saturated heterocycles. The molecule has 9 nitrogen and oxygen atoms in total. The molecule has 0 radical (unpaired) electrons. The van der Waals surface area contributed by atoms with Gasteiger partial charge in [-0.05, 0) is 44.4 Å². The smallest absolute Gasteiger partial charge is 0.315 e. The van der Waals surface area contributed by atoms with Gasteiger partial charge in [-0.1, -0.05) is 12.0 Å². The quantitative estimate of drug-likeness (QED) is 0.270. The first-order valence-electron chi connectivity index (χ1n) is 10.6. The van der Waals surface area contributed by atoms with Crippen LogP contribution in [0.15, 0.2) is 40.4 Å². The summed E-state index contributed by atoms with van der Waals surface area (Å²) >= 11 is 1.60. The zero-order valence-corrected chi connectivity index (χ0v) is 19.1. The zero-order valence-electron chi connectivity index (χ0n) is 18.3. The lowest BCUT2D eigenvalue weighted by Gasteiger charge is -2.15. The van der Waals surface area contributed by atoms with Gasteiger partial charge in [-0.25, -0.2) is 9.97 Å². The first kappa shape index (κ1) is 22.0. The minimum absolute atomic E-state index is 0.158. The van der Waals surface area contributed by atoms with Gasteiger partial charge in [-0.2, -0.15) is 0 Å². The average molecular weight is 454 g/mol. The van der Waals surface area contributed by atoms with Crippen LogP contribution >= 0.6 is 11.3 Å². The number of aromatic nitrogens is 4. The van der Waals surface area contributed by atoms with Crippen LogP contribution in [0.4, 0.5) is 23.2 Å². The van der Waals surface area contributed by atoms with Gasteiger partial charge >= 0.3 is 6.01 Å². The zero-order chi connectivity index (χ0) is 22.5. The number of aliphatic hydroxyl groups is 1. The van der Waals surface area contributed by atoms with E-state index in [1.165, 1.54) is 0 Å². The number of nitrogens with one attached hydrogen (secondary N) is 3. The Bertz CT molecular complexity index is 1170. The lowest BCUT2D eigenvalue weighted by molar-refractivity contribution is 0.233. The SMILES string of the molecule is CC(CO)CCNc1nnc(-c2cnc(Nc3ccc4ncsc4c3)cc2NC(C)C)o1. The summed E-state index contributed by atoms with van der Waals surface area (Å²) in [6.45, 7) is 6.93. The van der Waals surface area contributed by atoms with Crippen molar-refractivity contribution in [2.24, 2.45) is 5.92 Å². The summed E-state index contributed by atoms with van der Waals surface area (Å²) in [6.07, 6.45) is 2.53. The molecular weight excluding hydrogens is 426 g/mol. The van der Waals surface area contributed by atoms with Crippen LogP contribution in [-0.4, -0.2) is 44.5 Å². The van der Waals surface area contributed by atoms with E-state index >= 15 is 0 Å². The second-order valence-electron chi connectivity index (χ2n) is 7.99. The molecule has 0 bridgehead atoms. The van der Waals surface area contributed by atoms with Gasteiger partial charge < -0.3 is 25.5 Å². The van der Waals surface area contributed by atoms with Crippen LogP contribution in [0.3, 0.4) is 0 Å². The van der Waals surface area contributed by atoms with Crippen molar-refractivity contribution >= 4 is 44.8 Å². The minimum Gasteiger partial charge on any atom is -0.403 e. The Kier molecular flexibility index (Phi) is 6.81. The molecule has 0 fully saturated rings. The van der Waals surface area contributed by atoms with E-state index in [0.29, 0.717) is 24.3 Å². The van der Waals surface area contributed by atoms with Crippen LogP contribution in [0.5, 0.6) is 0 Å². The molecule has 10 heteroatoms. The Morgan fingerprint density at radius 1 is 1.12 bits per heavy atom. The van der Waals surface area contributed by atoms with Gasteiger partial charge in [0.05, 0.1) is 27.0 Å². The highest BCUT2D eigenvalue weighted by molar-refractivity contribution is 7.16. The molecule has 4 rings (SSSR count). The average Bonchev–Trinajstić information content (AvgIpc) is 3.42. The van der Waals surface area contributed by atoms with Gasteiger partial charge in [0.15, 0.2) is 0 Å². The van der Waals surface area contributed by atoms with Gasteiger partial charge in [0.2, 0.25) is 0 Å². The van der Waals surface area contributed by atoms with Crippen molar-refractivity contribution in [3.05, 3.63) is 36.0 Å². The van der Waals surface area contributed by atoms with Crippen LogP contribution in [0.1, 0.15) is 27.2 Å². The molecule has 0 aliphatic carbocycles. The molecule has 3 aromatic heterocycles. The number of nitrogens with zero attached hydrogens (tertiary/aromatic N) is 4. The van der Waals surface area contributed by atoms with E-state index in [0.717, 1.165) is 33.6 Å². The summed E-state index contributed by atoms with van der Waals surface area (Å²) in [5, 5.41) is 27.3. The van der Waals surface area contributed by atoms with Crippen molar-refractivity contribution in [1.29, 1.82) is 0 Å². The number of rotatable bonds is 10. The van der Waals surface area contributed by atoms with Gasteiger partial charge in [-0.3, -0.25) is 0 Å². The van der Waals surface area contributed by atoms with Crippen molar-refractivity contribution in [3.8, 4) is 11.5 Å². The van der Waals surface area contributed by atoms with Gasteiger partial charge in [-0.15, -0.1) is 16.4 Å². The lowest BCUT2D eigenvalue weighted by Crippen LogP contribution is -2.11. The second-order valence-corrected chi connectivity index (χ2v) is 8.88. The Balaban J connectivity index is 1.53. The number of pyridine rings is 1. The highest BCUT2D eigenvalue weighted by Gasteiger charge is 2.16. The van der Waals surface area contributed by atoms with E-state index in [1.54, 1.807) is 17.5 Å². The fourth-order valence-corrected chi connectivity index (χ4v) is 3.84. The molecule has 4 aromatic rings. The highest BCUT2D eigenvalue weighted by Crippen LogP contribution is 2.31. The molecule has 168 valence electrons. The van der Waals surface area contributed by atoms with Gasteiger partial charge in [0, 0.05) is 37.1 Å². The van der Waals surface area contributed by atoms with E-state index < -0.39 is 0 Å². The number of hydrogen-bond acceptors (Lipinski definition) is 10. The summed E-state index contributed by atoms with van der Waals surface area (Å²) in [5.74, 6) is 1.31. The summed E-state index contributed by atoms with van der Waals surface area (Å²) in [4.78, 5) is 8.87. The number of fused-ring (bicyclic) bond motifs is 1. The van der Waals surface area contributed by atoms with Crippen LogP contribution in [0.25, 0.3) is 21.7 Å². The first-order valence-corrected chi connectivity index (χ1v) is 11.4. The number of aliphatic hydroxyl groups excluding tert-OH is 1. The van der Waals surface area contributed by atoms with Crippen molar-refractivity contribution < 1.29 is 9.52 Å². The Labute approximate surface area is 190 Å². The third-order valence-electron chi connectivity index (χ3n) is 4.83. The van der Waals surface area contributed by atoms with E-state index in [4.69, 9.17) is 9.52 Å². The third kappa shape index (κ3) is 5.32. The van der Waals surface area contributed by atoms with E-state index in [2.05, 4.69) is 56.0 Å². The molecule has 3 heterocycles. The predicted molar refractivity (Wildman–Crippen MR) is 129 cm³/mol. The first-order chi connectivity index (χ1) is 15.5. The molecule has 0 amide bonds. The molecule has 0 aliphatic heterocycles. The van der Waals surface area contributed by atoms with Crippen LogP contribution in [0, 0.1) is 5.92 Å². The Hall–Kier alpha value is -3.24. The Morgan fingerprint density at radius 3 is 2.81 bits per heavy atom. The molecule has 1 aromatic carbocycles. The maximum atomic E-state index is 9.14. The second kappa shape index (κ2) is 9.92. The fraction of sp³-hybridized carbons (Fsp3) is 0.364. The molecular formula is C22H27N7O2S. The monoisotopic (exact) mass is 453 g/mol. The number of hydrogen-bond donors (Lipinski definition) is 4.